The second-order valence-corrected chi connectivity index (χ2v) is 7.74. The van der Waals surface area contributed by atoms with Crippen molar-refractivity contribution in [3.8, 4) is 5.75 Å². The lowest BCUT2D eigenvalue weighted by molar-refractivity contribution is 0.0505. The number of rotatable bonds is 8. The maximum atomic E-state index is 5.71. The van der Waals surface area contributed by atoms with Crippen LogP contribution >= 0.6 is 24.0 Å². The summed E-state index contributed by atoms with van der Waals surface area (Å²) in [5.41, 5.74) is 2.42. The maximum absolute atomic E-state index is 5.71. The van der Waals surface area contributed by atoms with Crippen LogP contribution in [-0.4, -0.2) is 61.2 Å². The molecule has 31 heavy (non-hydrogen) atoms. The normalized spacial score (nSPS) is 15.8. The molecule has 0 atom stereocenters. The van der Waals surface area contributed by atoms with Crippen LogP contribution in [-0.2, 0) is 23.1 Å². The van der Waals surface area contributed by atoms with Gasteiger partial charge in [-0.2, -0.15) is 0 Å². The zero-order valence-corrected chi connectivity index (χ0v) is 21.3. The summed E-state index contributed by atoms with van der Waals surface area (Å²) in [5.74, 6) is 2.72. The SMILES string of the molecule is CCc1nncn1CCNC(=NC)NCC1(c2cc(C)ccc2OC)CCOCC1.I. The van der Waals surface area contributed by atoms with Crippen molar-refractivity contribution >= 4 is 29.9 Å². The van der Waals surface area contributed by atoms with Crippen molar-refractivity contribution in [2.75, 3.05) is 40.5 Å². The third kappa shape index (κ3) is 6.31. The molecule has 1 aliphatic rings. The number of ether oxygens (including phenoxy) is 2. The molecular formula is C22H35IN6O2. The molecule has 0 radical (unpaired) electrons. The van der Waals surface area contributed by atoms with Crippen LogP contribution < -0.4 is 15.4 Å². The minimum absolute atomic E-state index is 0. The molecule has 0 unspecified atom stereocenters. The van der Waals surface area contributed by atoms with Crippen LogP contribution in [0.2, 0.25) is 0 Å². The van der Waals surface area contributed by atoms with Gasteiger partial charge >= 0.3 is 0 Å². The number of aliphatic imine (C=N–C) groups is 1. The summed E-state index contributed by atoms with van der Waals surface area (Å²) >= 11 is 0. The van der Waals surface area contributed by atoms with Crippen molar-refractivity contribution in [1.29, 1.82) is 0 Å². The Morgan fingerprint density at radius 3 is 2.74 bits per heavy atom. The second-order valence-electron chi connectivity index (χ2n) is 7.74. The lowest BCUT2D eigenvalue weighted by atomic mass is 9.73. The monoisotopic (exact) mass is 542 g/mol. The summed E-state index contributed by atoms with van der Waals surface area (Å²) in [5, 5.41) is 15.1. The van der Waals surface area contributed by atoms with Crippen molar-refractivity contribution in [2.45, 2.75) is 45.1 Å². The maximum Gasteiger partial charge on any atom is 0.191 e. The number of aromatic nitrogens is 3. The van der Waals surface area contributed by atoms with E-state index in [2.05, 4.69) is 62.4 Å². The zero-order valence-electron chi connectivity index (χ0n) is 19.0. The highest BCUT2D eigenvalue weighted by Gasteiger charge is 2.37. The summed E-state index contributed by atoms with van der Waals surface area (Å²) < 4.78 is 13.5. The molecule has 3 rings (SSSR count). The average molecular weight is 542 g/mol. The Balaban J connectivity index is 0.00000341. The Morgan fingerprint density at radius 1 is 1.29 bits per heavy atom. The van der Waals surface area contributed by atoms with E-state index in [0.717, 1.165) is 69.6 Å². The van der Waals surface area contributed by atoms with Crippen LogP contribution in [0.4, 0.5) is 0 Å². The first kappa shape index (κ1) is 25.4. The molecule has 8 nitrogen and oxygen atoms in total. The Labute approximate surface area is 202 Å². The first-order valence-corrected chi connectivity index (χ1v) is 10.7. The lowest BCUT2D eigenvalue weighted by Gasteiger charge is -2.39. The molecule has 1 saturated heterocycles. The van der Waals surface area contributed by atoms with E-state index in [1.54, 1.807) is 20.5 Å². The molecule has 0 amide bonds. The van der Waals surface area contributed by atoms with E-state index in [4.69, 9.17) is 9.47 Å². The minimum atomic E-state index is -0.0586. The molecule has 1 aromatic carbocycles. The van der Waals surface area contributed by atoms with E-state index in [1.165, 1.54) is 11.1 Å². The Bertz CT molecular complexity index is 848. The molecule has 1 aromatic heterocycles. The van der Waals surface area contributed by atoms with Gasteiger partial charge in [0.2, 0.25) is 0 Å². The number of halogens is 1. The third-order valence-corrected chi connectivity index (χ3v) is 5.85. The second kappa shape index (κ2) is 12.2. The molecule has 0 saturated carbocycles. The van der Waals surface area contributed by atoms with Gasteiger partial charge in [-0.25, -0.2) is 0 Å². The van der Waals surface area contributed by atoms with Crippen molar-refractivity contribution in [3.05, 3.63) is 41.5 Å². The summed E-state index contributed by atoms with van der Waals surface area (Å²) in [4.78, 5) is 4.41. The van der Waals surface area contributed by atoms with Crippen LogP contribution in [0.25, 0.3) is 0 Å². The number of hydrogen-bond acceptors (Lipinski definition) is 5. The van der Waals surface area contributed by atoms with Crippen molar-refractivity contribution in [1.82, 2.24) is 25.4 Å². The van der Waals surface area contributed by atoms with Crippen LogP contribution in [0.1, 0.15) is 36.7 Å². The summed E-state index contributed by atoms with van der Waals surface area (Å²) in [6.07, 6.45) is 4.53. The van der Waals surface area contributed by atoms with Crippen molar-refractivity contribution < 1.29 is 9.47 Å². The third-order valence-electron chi connectivity index (χ3n) is 5.85. The molecule has 0 aliphatic carbocycles. The Kier molecular flexibility index (Phi) is 10.0. The summed E-state index contributed by atoms with van der Waals surface area (Å²) in [6.45, 7) is 8.01. The van der Waals surface area contributed by atoms with E-state index >= 15 is 0 Å². The molecule has 2 aromatic rings. The van der Waals surface area contributed by atoms with Crippen LogP contribution in [0.3, 0.4) is 0 Å². The Morgan fingerprint density at radius 2 is 2.06 bits per heavy atom. The highest BCUT2D eigenvalue weighted by atomic mass is 127. The van der Waals surface area contributed by atoms with Crippen LogP contribution in [0.15, 0.2) is 29.5 Å². The predicted octanol–water partition coefficient (Wildman–Crippen LogP) is 2.69. The fraction of sp³-hybridized carbons (Fsp3) is 0.591. The quantitative estimate of drug-likeness (QED) is 0.303. The summed E-state index contributed by atoms with van der Waals surface area (Å²) in [6, 6.07) is 6.42. The smallest absolute Gasteiger partial charge is 0.191 e. The number of aryl methyl sites for hydroxylation is 2. The van der Waals surface area contributed by atoms with Crippen molar-refractivity contribution in [2.24, 2.45) is 4.99 Å². The first-order valence-electron chi connectivity index (χ1n) is 10.7. The zero-order chi connectivity index (χ0) is 21.4. The van der Waals surface area contributed by atoms with Gasteiger partial charge in [0.25, 0.3) is 0 Å². The number of nitrogens with one attached hydrogen (secondary N) is 2. The predicted molar refractivity (Wildman–Crippen MR) is 134 cm³/mol. The highest BCUT2D eigenvalue weighted by Crippen LogP contribution is 2.40. The topological polar surface area (TPSA) is 85.6 Å². The number of hydrogen-bond donors (Lipinski definition) is 2. The molecule has 0 spiro atoms. The highest BCUT2D eigenvalue weighted by molar-refractivity contribution is 14.0. The largest absolute Gasteiger partial charge is 0.496 e. The molecule has 2 heterocycles. The van der Waals surface area contributed by atoms with Gasteiger partial charge in [-0.1, -0.05) is 24.6 Å². The van der Waals surface area contributed by atoms with E-state index in [9.17, 15) is 0 Å². The lowest BCUT2D eigenvalue weighted by Crippen LogP contribution is -2.48. The molecular weight excluding hydrogens is 507 g/mol. The van der Waals surface area contributed by atoms with Gasteiger partial charge in [-0.15, -0.1) is 34.2 Å². The van der Waals surface area contributed by atoms with E-state index in [-0.39, 0.29) is 29.4 Å². The summed E-state index contributed by atoms with van der Waals surface area (Å²) in [7, 11) is 3.54. The van der Waals surface area contributed by atoms with Crippen molar-refractivity contribution in [3.63, 3.8) is 0 Å². The van der Waals surface area contributed by atoms with Gasteiger partial charge in [0.05, 0.1) is 7.11 Å². The number of guanidine groups is 1. The van der Waals surface area contributed by atoms with Gasteiger partial charge in [-0.3, -0.25) is 4.99 Å². The number of methoxy groups -OCH3 is 1. The van der Waals surface area contributed by atoms with E-state index < -0.39 is 0 Å². The Hall–Kier alpha value is -1.88. The van der Waals surface area contributed by atoms with Crippen LogP contribution in [0.5, 0.6) is 5.75 Å². The van der Waals surface area contributed by atoms with E-state index in [0.29, 0.717) is 0 Å². The molecule has 2 N–H and O–H groups in total. The first-order chi connectivity index (χ1) is 14.6. The fourth-order valence-corrected chi connectivity index (χ4v) is 4.05. The molecule has 9 heteroatoms. The van der Waals surface area contributed by atoms with Crippen LogP contribution in [0, 0.1) is 6.92 Å². The number of benzene rings is 1. The molecule has 172 valence electrons. The number of nitrogens with zero attached hydrogens (tertiary/aromatic N) is 4. The molecule has 1 fully saturated rings. The standard InChI is InChI=1S/C22H34N6O2.HI/c1-5-20-27-26-16-28(20)11-10-24-21(23-3)25-15-22(8-12-30-13-9-22)18-14-17(2)6-7-19(18)29-4;/h6-7,14,16H,5,8-13,15H2,1-4H3,(H2,23,24,25);1H. The van der Waals surface area contributed by atoms with Gasteiger partial charge < -0.3 is 24.7 Å². The van der Waals surface area contributed by atoms with Gasteiger partial charge in [-0.05, 0) is 25.8 Å². The molecule has 0 bridgehead atoms. The van der Waals surface area contributed by atoms with E-state index in [1.807, 2.05) is 0 Å². The van der Waals surface area contributed by atoms with Gasteiger partial charge in [0.15, 0.2) is 5.96 Å². The fourth-order valence-electron chi connectivity index (χ4n) is 4.05. The molecule has 1 aliphatic heterocycles. The average Bonchev–Trinajstić information content (AvgIpc) is 3.24. The van der Waals surface area contributed by atoms with Gasteiger partial charge in [0, 0.05) is 57.3 Å². The minimum Gasteiger partial charge on any atom is -0.496 e. The van der Waals surface area contributed by atoms with Gasteiger partial charge in [0.1, 0.15) is 17.9 Å².